The molecule has 0 bridgehead atoms. The van der Waals surface area contributed by atoms with Crippen LogP contribution in [0.5, 0.6) is 11.5 Å². The lowest BCUT2D eigenvalue weighted by molar-refractivity contribution is -0.133. The van der Waals surface area contributed by atoms with Crippen molar-refractivity contribution in [2.75, 3.05) is 23.3 Å². The molecule has 0 unspecified atom stereocenters. The monoisotopic (exact) mass is 312 g/mol. The van der Waals surface area contributed by atoms with Crippen molar-refractivity contribution in [2.24, 2.45) is 0 Å². The van der Waals surface area contributed by atoms with Crippen molar-refractivity contribution in [1.82, 2.24) is 0 Å². The van der Waals surface area contributed by atoms with Crippen molar-refractivity contribution >= 4 is 23.3 Å². The summed E-state index contributed by atoms with van der Waals surface area (Å²) in [4.78, 5) is 25.6. The van der Waals surface area contributed by atoms with Gasteiger partial charge in [0.15, 0.2) is 5.75 Å². The van der Waals surface area contributed by atoms with Crippen LogP contribution in [0.15, 0.2) is 42.5 Å². The maximum atomic E-state index is 12.2. The minimum absolute atomic E-state index is 0.00422. The first kappa shape index (κ1) is 14.9. The summed E-state index contributed by atoms with van der Waals surface area (Å²) in [6, 6.07) is 12.0. The SMILES string of the molecule is Cc1ccc2c(c1)OC(=O)CN2CC(=O)Nc1ccccc1O. The van der Waals surface area contributed by atoms with Gasteiger partial charge in [-0.15, -0.1) is 0 Å². The summed E-state index contributed by atoms with van der Waals surface area (Å²) in [5.74, 6) is -0.280. The number of carbonyl (C=O) groups is 2. The molecule has 0 atom stereocenters. The number of carbonyl (C=O) groups excluding carboxylic acids is 2. The normalized spacial score (nSPS) is 13.3. The first-order valence-electron chi connectivity index (χ1n) is 7.17. The van der Waals surface area contributed by atoms with Crippen LogP contribution in [-0.4, -0.2) is 30.1 Å². The van der Waals surface area contributed by atoms with Crippen molar-refractivity contribution in [1.29, 1.82) is 0 Å². The molecule has 6 heteroatoms. The molecule has 0 aromatic heterocycles. The average molecular weight is 312 g/mol. The highest BCUT2D eigenvalue weighted by atomic mass is 16.5. The number of hydrogen-bond donors (Lipinski definition) is 2. The van der Waals surface area contributed by atoms with E-state index in [0.717, 1.165) is 5.56 Å². The Morgan fingerprint density at radius 2 is 2.09 bits per heavy atom. The summed E-state index contributed by atoms with van der Waals surface area (Å²) in [6.07, 6.45) is 0. The fraction of sp³-hybridized carbons (Fsp3) is 0.176. The summed E-state index contributed by atoms with van der Waals surface area (Å²) in [6.45, 7) is 1.89. The van der Waals surface area contributed by atoms with Crippen molar-refractivity contribution in [3.05, 3.63) is 48.0 Å². The zero-order chi connectivity index (χ0) is 16.4. The van der Waals surface area contributed by atoms with E-state index in [0.29, 0.717) is 17.1 Å². The third kappa shape index (κ3) is 3.26. The lowest BCUT2D eigenvalue weighted by Gasteiger charge is -2.29. The van der Waals surface area contributed by atoms with Gasteiger partial charge in [0.1, 0.15) is 12.3 Å². The average Bonchev–Trinajstić information content (AvgIpc) is 2.49. The number of amides is 1. The standard InChI is InChI=1S/C17H16N2O4/c1-11-6-7-13-15(8-11)23-17(22)10-19(13)9-16(21)18-12-4-2-3-5-14(12)20/h2-8,20H,9-10H2,1H3,(H,18,21). The molecule has 0 fully saturated rings. The molecule has 6 nitrogen and oxygen atoms in total. The number of esters is 1. The fourth-order valence-corrected chi connectivity index (χ4v) is 2.44. The Balaban J connectivity index is 1.77. The van der Waals surface area contributed by atoms with Crippen LogP contribution in [0.4, 0.5) is 11.4 Å². The lowest BCUT2D eigenvalue weighted by Crippen LogP contribution is -2.41. The maximum absolute atomic E-state index is 12.2. The van der Waals surface area contributed by atoms with Crippen molar-refractivity contribution in [3.8, 4) is 11.5 Å². The van der Waals surface area contributed by atoms with Gasteiger partial charge in [-0.3, -0.25) is 4.79 Å². The van der Waals surface area contributed by atoms with Crippen LogP contribution in [0.2, 0.25) is 0 Å². The van der Waals surface area contributed by atoms with E-state index in [9.17, 15) is 14.7 Å². The summed E-state index contributed by atoms with van der Waals surface area (Å²) >= 11 is 0. The van der Waals surface area contributed by atoms with Gasteiger partial charge in [0.2, 0.25) is 5.91 Å². The molecule has 118 valence electrons. The van der Waals surface area contributed by atoms with Gasteiger partial charge in [-0.2, -0.15) is 0 Å². The van der Waals surface area contributed by atoms with E-state index < -0.39 is 5.97 Å². The van der Waals surface area contributed by atoms with Crippen LogP contribution in [0, 0.1) is 6.92 Å². The Hall–Kier alpha value is -3.02. The zero-order valence-electron chi connectivity index (χ0n) is 12.6. The zero-order valence-corrected chi connectivity index (χ0v) is 12.6. The Bertz CT molecular complexity index is 773. The Morgan fingerprint density at radius 3 is 2.87 bits per heavy atom. The Labute approximate surface area is 133 Å². The second-order valence-corrected chi connectivity index (χ2v) is 5.37. The number of anilines is 2. The predicted molar refractivity (Wildman–Crippen MR) is 85.8 cm³/mol. The summed E-state index contributed by atoms with van der Waals surface area (Å²) in [7, 11) is 0. The van der Waals surface area contributed by atoms with Crippen molar-refractivity contribution in [3.63, 3.8) is 0 Å². The number of para-hydroxylation sites is 2. The van der Waals surface area contributed by atoms with Gasteiger partial charge in [0.05, 0.1) is 17.9 Å². The molecule has 0 saturated carbocycles. The third-order valence-electron chi connectivity index (χ3n) is 3.51. The number of rotatable bonds is 3. The highest BCUT2D eigenvalue weighted by molar-refractivity contribution is 5.97. The third-order valence-corrected chi connectivity index (χ3v) is 3.51. The molecule has 0 saturated heterocycles. The molecule has 0 radical (unpaired) electrons. The number of fused-ring (bicyclic) bond motifs is 1. The molecule has 1 heterocycles. The summed E-state index contributed by atoms with van der Waals surface area (Å²) in [5.41, 5.74) is 2.00. The predicted octanol–water partition coefficient (Wildman–Crippen LogP) is 2.06. The van der Waals surface area contributed by atoms with E-state index in [4.69, 9.17) is 4.74 Å². The van der Waals surface area contributed by atoms with Gasteiger partial charge < -0.3 is 20.1 Å². The number of hydrogen-bond acceptors (Lipinski definition) is 5. The van der Waals surface area contributed by atoms with E-state index in [-0.39, 0.29) is 24.7 Å². The topological polar surface area (TPSA) is 78.9 Å². The number of aryl methyl sites for hydroxylation is 1. The molecule has 0 aliphatic carbocycles. The number of phenolic OH excluding ortho intramolecular Hbond substituents is 1. The first-order valence-corrected chi connectivity index (χ1v) is 7.17. The molecule has 2 N–H and O–H groups in total. The maximum Gasteiger partial charge on any atom is 0.331 e. The second-order valence-electron chi connectivity index (χ2n) is 5.37. The van der Waals surface area contributed by atoms with Crippen molar-refractivity contribution in [2.45, 2.75) is 6.92 Å². The quantitative estimate of drug-likeness (QED) is 0.515. The van der Waals surface area contributed by atoms with E-state index in [1.807, 2.05) is 19.1 Å². The molecule has 23 heavy (non-hydrogen) atoms. The molecule has 2 aromatic carbocycles. The Morgan fingerprint density at radius 1 is 1.30 bits per heavy atom. The summed E-state index contributed by atoms with van der Waals surface area (Å²) < 4.78 is 5.21. The van der Waals surface area contributed by atoms with E-state index >= 15 is 0 Å². The van der Waals surface area contributed by atoms with Crippen LogP contribution in [-0.2, 0) is 9.59 Å². The number of aromatic hydroxyl groups is 1. The van der Waals surface area contributed by atoms with Gasteiger partial charge in [-0.25, -0.2) is 4.79 Å². The molecular weight excluding hydrogens is 296 g/mol. The van der Waals surface area contributed by atoms with E-state index in [2.05, 4.69) is 5.32 Å². The Kier molecular flexibility index (Phi) is 3.89. The van der Waals surface area contributed by atoms with Crippen LogP contribution < -0.4 is 15.0 Å². The van der Waals surface area contributed by atoms with Crippen molar-refractivity contribution < 1.29 is 19.4 Å². The molecule has 3 rings (SSSR count). The van der Waals surface area contributed by atoms with Gasteiger partial charge in [-0.1, -0.05) is 18.2 Å². The highest BCUT2D eigenvalue weighted by Gasteiger charge is 2.25. The van der Waals surface area contributed by atoms with Gasteiger partial charge >= 0.3 is 5.97 Å². The molecule has 1 aliphatic rings. The molecule has 2 aromatic rings. The molecule has 1 amide bonds. The first-order chi connectivity index (χ1) is 11.0. The van der Waals surface area contributed by atoms with E-state index in [1.165, 1.54) is 6.07 Å². The molecule has 0 spiro atoms. The molecular formula is C17H16N2O4. The van der Waals surface area contributed by atoms with Crippen LogP contribution >= 0.6 is 0 Å². The number of benzene rings is 2. The lowest BCUT2D eigenvalue weighted by atomic mass is 10.1. The number of nitrogens with zero attached hydrogens (tertiary/aromatic N) is 1. The smallest absolute Gasteiger partial charge is 0.331 e. The second kappa shape index (κ2) is 6.00. The minimum atomic E-state index is -0.404. The fourth-order valence-electron chi connectivity index (χ4n) is 2.44. The van der Waals surface area contributed by atoms with Gasteiger partial charge in [0, 0.05) is 0 Å². The van der Waals surface area contributed by atoms with Gasteiger partial charge in [-0.05, 0) is 36.8 Å². The number of nitrogens with one attached hydrogen (secondary N) is 1. The minimum Gasteiger partial charge on any atom is -0.506 e. The van der Waals surface area contributed by atoms with E-state index in [1.54, 1.807) is 29.2 Å². The van der Waals surface area contributed by atoms with Gasteiger partial charge in [0.25, 0.3) is 0 Å². The van der Waals surface area contributed by atoms with Crippen LogP contribution in [0.3, 0.4) is 0 Å². The largest absolute Gasteiger partial charge is 0.506 e. The number of phenols is 1. The number of ether oxygens (including phenoxy) is 1. The highest BCUT2D eigenvalue weighted by Crippen LogP contribution is 2.32. The van der Waals surface area contributed by atoms with Crippen LogP contribution in [0.1, 0.15) is 5.56 Å². The summed E-state index contributed by atoms with van der Waals surface area (Å²) in [5, 5.41) is 12.3. The van der Waals surface area contributed by atoms with Crippen LogP contribution in [0.25, 0.3) is 0 Å². The molecule has 1 aliphatic heterocycles.